The molecular formula is C16H15ClO3. The number of benzene rings is 2. The number of hydrogen-bond acceptors (Lipinski definition) is 3. The van der Waals surface area contributed by atoms with Crippen molar-refractivity contribution in [1.82, 2.24) is 0 Å². The predicted octanol–water partition coefficient (Wildman–Crippen LogP) is 3.67. The number of hydrogen-bond donors (Lipinski definition) is 0. The maximum absolute atomic E-state index is 12.7. The summed E-state index contributed by atoms with van der Waals surface area (Å²) in [5.74, 6) is -1.73. The van der Waals surface area contributed by atoms with Gasteiger partial charge in [0.2, 0.25) is 5.78 Å². The standard InChI is InChI=1S/C16H15ClO3/c1-19-16(20-2,13-8-10-14(17)11-9-13)15(18)12-6-4-3-5-7-12/h3-11H,1-2H3. The molecule has 0 N–H and O–H groups in total. The quantitative estimate of drug-likeness (QED) is 0.622. The first kappa shape index (κ1) is 14.7. The van der Waals surface area contributed by atoms with Crippen molar-refractivity contribution in [1.29, 1.82) is 0 Å². The van der Waals surface area contributed by atoms with E-state index < -0.39 is 5.79 Å². The first-order chi connectivity index (χ1) is 9.64. The maximum atomic E-state index is 12.7. The van der Waals surface area contributed by atoms with Crippen LogP contribution in [0.15, 0.2) is 54.6 Å². The van der Waals surface area contributed by atoms with E-state index in [0.717, 1.165) is 0 Å². The molecule has 20 heavy (non-hydrogen) atoms. The van der Waals surface area contributed by atoms with E-state index in [9.17, 15) is 4.79 Å². The van der Waals surface area contributed by atoms with Gasteiger partial charge in [0.05, 0.1) is 0 Å². The highest BCUT2D eigenvalue weighted by Crippen LogP contribution is 2.31. The fourth-order valence-corrected chi connectivity index (χ4v) is 2.21. The van der Waals surface area contributed by atoms with Crippen molar-refractivity contribution in [2.45, 2.75) is 5.79 Å². The fourth-order valence-electron chi connectivity index (χ4n) is 2.08. The van der Waals surface area contributed by atoms with E-state index in [1.807, 2.05) is 6.07 Å². The average Bonchev–Trinajstić information content (AvgIpc) is 2.51. The molecule has 2 rings (SSSR count). The zero-order valence-electron chi connectivity index (χ0n) is 11.3. The molecule has 0 atom stereocenters. The van der Waals surface area contributed by atoms with Crippen molar-refractivity contribution >= 4 is 17.4 Å². The summed E-state index contributed by atoms with van der Waals surface area (Å²) in [6.45, 7) is 0. The van der Waals surface area contributed by atoms with Gasteiger partial charge in [-0.2, -0.15) is 0 Å². The molecule has 0 saturated carbocycles. The SMILES string of the molecule is COC(OC)(C(=O)c1ccccc1)c1ccc(Cl)cc1. The molecule has 0 aliphatic carbocycles. The smallest absolute Gasteiger partial charge is 0.260 e. The molecule has 0 aliphatic rings. The Labute approximate surface area is 123 Å². The molecule has 0 saturated heterocycles. The van der Waals surface area contributed by atoms with Crippen LogP contribution >= 0.6 is 11.6 Å². The van der Waals surface area contributed by atoms with Crippen LogP contribution in [0.2, 0.25) is 5.02 Å². The van der Waals surface area contributed by atoms with Crippen LogP contribution < -0.4 is 0 Å². The van der Waals surface area contributed by atoms with Crippen molar-refractivity contribution < 1.29 is 14.3 Å². The van der Waals surface area contributed by atoms with Crippen LogP contribution in [0.4, 0.5) is 0 Å². The first-order valence-corrected chi connectivity index (χ1v) is 6.48. The minimum absolute atomic E-state index is 0.259. The molecule has 4 heteroatoms. The second-order valence-corrected chi connectivity index (χ2v) is 4.66. The lowest BCUT2D eigenvalue weighted by molar-refractivity contribution is -0.176. The minimum Gasteiger partial charge on any atom is -0.343 e. The van der Waals surface area contributed by atoms with Gasteiger partial charge in [0.15, 0.2) is 0 Å². The summed E-state index contributed by atoms with van der Waals surface area (Å²) >= 11 is 5.88. The van der Waals surface area contributed by atoms with Gasteiger partial charge in [-0.25, -0.2) is 0 Å². The van der Waals surface area contributed by atoms with E-state index in [1.54, 1.807) is 48.5 Å². The summed E-state index contributed by atoms with van der Waals surface area (Å²) in [5, 5.41) is 0.585. The van der Waals surface area contributed by atoms with Gasteiger partial charge in [0.1, 0.15) is 0 Å². The number of carbonyl (C=O) groups excluding carboxylic acids is 1. The Kier molecular flexibility index (Phi) is 4.55. The van der Waals surface area contributed by atoms with Gasteiger partial charge in [-0.05, 0) is 12.1 Å². The lowest BCUT2D eigenvalue weighted by atomic mass is 9.96. The maximum Gasteiger partial charge on any atom is 0.260 e. The van der Waals surface area contributed by atoms with Crippen molar-refractivity contribution in [3.05, 3.63) is 70.7 Å². The number of methoxy groups -OCH3 is 2. The highest BCUT2D eigenvalue weighted by Gasteiger charge is 2.41. The van der Waals surface area contributed by atoms with E-state index in [1.165, 1.54) is 14.2 Å². The highest BCUT2D eigenvalue weighted by molar-refractivity contribution is 6.30. The molecule has 2 aromatic carbocycles. The third-order valence-electron chi connectivity index (χ3n) is 3.13. The molecule has 0 fully saturated rings. The number of carbonyl (C=O) groups is 1. The number of ketones is 1. The summed E-state index contributed by atoms with van der Waals surface area (Å²) in [6, 6.07) is 15.7. The number of ether oxygens (including phenoxy) is 2. The van der Waals surface area contributed by atoms with Gasteiger partial charge < -0.3 is 9.47 Å². The van der Waals surface area contributed by atoms with E-state index in [2.05, 4.69) is 0 Å². The molecule has 3 nitrogen and oxygen atoms in total. The summed E-state index contributed by atoms with van der Waals surface area (Å²) in [6.07, 6.45) is 0. The van der Waals surface area contributed by atoms with Crippen LogP contribution in [0, 0.1) is 0 Å². The Hall–Kier alpha value is -1.68. The zero-order valence-corrected chi connectivity index (χ0v) is 12.1. The molecule has 0 radical (unpaired) electrons. The van der Waals surface area contributed by atoms with Crippen LogP contribution in [0.3, 0.4) is 0 Å². The highest BCUT2D eigenvalue weighted by atomic mass is 35.5. The van der Waals surface area contributed by atoms with E-state index in [4.69, 9.17) is 21.1 Å². The number of Topliss-reactive ketones (excluding diaryl/α,β-unsaturated/α-hetero) is 1. The van der Waals surface area contributed by atoms with Gasteiger partial charge >= 0.3 is 0 Å². The molecule has 0 amide bonds. The first-order valence-electron chi connectivity index (χ1n) is 6.10. The largest absolute Gasteiger partial charge is 0.343 e. The molecular weight excluding hydrogens is 276 g/mol. The molecule has 104 valence electrons. The molecule has 0 unspecified atom stereocenters. The zero-order chi connectivity index (χ0) is 14.6. The van der Waals surface area contributed by atoms with Crippen molar-refractivity contribution in [3.63, 3.8) is 0 Å². The normalized spacial score (nSPS) is 11.3. The Morgan fingerprint density at radius 1 is 0.950 bits per heavy atom. The monoisotopic (exact) mass is 290 g/mol. The lowest BCUT2D eigenvalue weighted by Gasteiger charge is -2.29. The van der Waals surface area contributed by atoms with Crippen LogP contribution in [0.25, 0.3) is 0 Å². The van der Waals surface area contributed by atoms with Gasteiger partial charge in [-0.3, -0.25) is 4.79 Å². The topological polar surface area (TPSA) is 35.5 Å². The van der Waals surface area contributed by atoms with E-state index in [-0.39, 0.29) is 5.78 Å². The second-order valence-electron chi connectivity index (χ2n) is 4.23. The van der Waals surface area contributed by atoms with E-state index in [0.29, 0.717) is 16.1 Å². The van der Waals surface area contributed by atoms with E-state index >= 15 is 0 Å². The lowest BCUT2D eigenvalue weighted by Crippen LogP contribution is -2.39. The Morgan fingerprint density at radius 3 is 2.00 bits per heavy atom. The molecule has 0 aliphatic heterocycles. The summed E-state index contributed by atoms with van der Waals surface area (Å²) < 4.78 is 10.8. The molecule has 0 aromatic heterocycles. The van der Waals surface area contributed by atoms with Gasteiger partial charge in [-0.15, -0.1) is 0 Å². The molecule has 0 spiro atoms. The van der Waals surface area contributed by atoms with Gasteiger partial charge in [0.25, 0.3) is 5.79 Å². The van der Waals surface area contributed by atoms with Crippen molar-refractivity contribution in [2.75, 3.05) is 14.2 Å². The molecule has 0 heterocycles. The summed E-state index contributed by atoms with van der Waals surface area (Å²) in [7, 11) is 2.89. The Balaban J connectivity index is 2.49. The third-order valence-corrected chi connectivity index (χ3v) is 3.39. The fraction of sp³-hybridized carbons (Fsp3) is 0.188. The Bertz CT molecular complexity index is 574. The summed E-state index contributed by atoms with van der Waals surface area (Å²) in [5.41, 5.74) is 1.12. The van der Waals surface area contributed by atoms with Crippen LogP contribution in [-0.2, 0) is 15.3 Å². The van der Waals surface area contributed by atoms with Crippen molar-refractivity contribution in [2.24, 2.45) is 0 Å². The van der Waals surface area contributed by atoms with Crippen LogP contribution in [-0.4, -0.2) is 20.0 Å². The third kappa shape index (κ3) is 2.61. The van der Waals surface area contributed by atoms with Gasteiger partial charge in [-0.1, -0.05) is 54.1 Å². The molecule has 2 aromatic rings. The van der Waals surface area contributed by atoms with Crippen molar-refractivity contribution in [3.8, 4) is 0 Å². The predicted molar refractivity (Wildman–Crippen MR) is 77.9 cm³/mol. The average molecular weight is 291 g/mol. The molecule has 0 bridgehead atoms. The van der Waals surface area contributed by atoms with Crippen LogP contribution in [0.5, 0.6) is 0 Å². The number of rotatable bonds is 5. The minimum atomic E-state index is -1.47. The summed E-state index contributed by atoms with van der Waals surface area (Å²) in [4.78, 5) is 12.7. The van der Waals surface area contributed by atoms with Gasteiger partial charge in [0, 0.05) is 30.4 Å². The second kappa shape index (κ2) is 6.18. The number of halogens is 1. The van der Waals surface area contributed by atoms with Crippen LogP contribution in [0.1, 0.15) is 15.9 Å². The Morgan fingerprint density at radius 2 is 1.50 bits per heavy atom.